The van der Waals surface area contributed by atoms with Gasteiger partial charge >= 0.3 is 0 Å². The number of nitrogens with one attached hydrogen (secondary N) is 2. The normalized spacial score (nSPS) is 16.0. The minimum Gasteiger partial charge on any atom is -0.377 e. The van der Waals surface area contributed by atoms with Crippen LogP contribution in [0.5, 0.6) is 0 Å². The van der Waals surface area contributed by atoms with Crippen molar-refractivity contribution in [2.75, 3.05) is 39.3 Å². The molecule has 1 heterocycles. The molecule has 29 heavy (non-hydrogen) atoms. The van der Waals surface area contributed by atoms with E-state index < -0.39 is 11.6 Å². The summed E-state index contributed by atoms with van der Waals surface area (Å²) in [7, 11) is 0. The summed E-state index contributed by atoms with van der Waals surface area (Å²) in [6.45, 7) is 11.1. The van der Waals surface area contributed by atoms with Crippen molar-refractivity contribution in [3.05, 3.63) is 35.4 Å². The first-order chi connectivity index (χ1) is 13.5. The summed E-state index contributed by atoms with van der Waals surface area (Å²) in [5, 5.41) is 6.71. The van der Waals surface area contributed by atoms with Gasteiger partial charge in [-0.25, -0.2) is 8.78 Å². The number of ether oxygens (including phenoxy) is 1. The van der Waals surface area contributed by atoms with Gasteiger partial charge in [0.25, 0.3) is 0 Å². The van der Waals surface area contributed by atoms with Crippen LogP contribution in [-0.4, -0.2) is 62.3 Å². The Hall–Kier alpha value is -1.00. The molecule has 0 aromatic heterocycles. The zero-order valence-corrected chi connectivity index (χ0v) is 20.0. The van der Waals surface area contributed by atoms with Gasteiger partial charge in [-0.15, -0.1) is 24.0 Å². The number of aliphatic imine (C=N–C) groups is 1. The maximum absolute atomic E-state index is 13.7. The molecule has 0 radical (unpaired) electrons. The van der Waals surface area contributed by atoms with Crippen LogP contribution >= 0.6 is 24.0 Å². The molecule has 8 heteroatoms. The van der Waals surface area contributed by atoms with Crippen LogP contribution < -0.4 is 10.6 Å². The summed E-state index contributed by atoms with van der Waals surface area (Å²) in [6, 6.07) is 4.63. The van der Waals surface area contributed by atoms with E-state index in [1.807, 2.05) is 6.92 Å². The molecule has 0 atom stereocenters. The highest BCUT2D eigenvalue weighted by molar-refractivity contribution is 14.0. The average Bonchev–Trinajstić information content (AvgIpc) is 2.66. The van der Waals surface area contributed by atoms with Gasteiger partial charge in [-0.3, -0.25) is 4.99 Å². The zero-order valence-electron chi connectivity index (χ0n) is 17.7. The van der Waals surface area contributed by atoms with Crippen molar-refractivity contribution in [1.82, 2.24) is 15.5 Å². The van der Waals surface area contributed by atoms with Crippen molar-refractivity contribution in [3.8, 4) is 0 Å². The molecular weight excluding hydrogens is 489 g/mol. The molecule has 1 fully saturated rings. The molecule has 0 aliphatic carbocycles. The molecule has 2 N–H and O–H groups in total. The fourth-order valence-corrected chi connectivity index (χ4v) is 3.26. The van der Waals surface area contributed by atoms with Gasteiger partial charge in [-0.1, -0.05) is 12.1 Å². The Bertz CT molecular complexity index is 623. The van der Waals surface area contributed by atoms with E-state index in [0.29, 0.717) is 24.6 Å². The second-order valence-corrected chi connectivity index (χ2v) is 7.40. The van der Waals surface area contributed by atoms with Gasteiger partial charge in [0.05, 0.1) is 12.7 Å². The number of guanidine groups is 1. The summed E-state index contributed by atoms with van der Waals surface area (Å²) >= 11 is 0. The third kappa shape index (κ3) is 9.57. The summed E-state index contributed by atoms with van der Waals surface area (Å²) in [5.74, 6) is -0.845. The molecule has 1 aromatic carbocycles. The van der Waals surface area contributed by atoms with Crippen molar-refractivity contribution in [1.29, 1.82) is 0 Å². The van der Waals surface area contributed by atoms with Crippen LogP contribution in [0, 0.1) is 11.6 Å². The minimum absolute atomic E-state index is 0. The topological polar surface area (TPSA) is 48.9 Å². The molecule has 1 saturated heterocycles. The number of nitrogens with zero attached hydrogens (tertiary/aromatic N) is 2. The molecule has 0 spiro atoms. The second kappa shape index (κ2) is 14.1. The first kappa shape index (κ1) is 26.0. The summed E-state index contributed by atoms with van der Waals surface area (Å²) in [4.78, 5) is 6.96. The SMILES string of the molecule is CCNC(=NCCc1cccc(F)c1F)NC1CCN(CCOC(C)C)CC1.I. The Morgan fingerprint density at radius 3 is 2.66 bits per heavy atom. The zero-order chi connectivity index (χ0) is 20.4. The molecule has 1 aliphatic heterocycles. The lowest BCUT2D eigenvalue weighted by Crippen LogP contribution is -2.49. The Balaban J connectivity index is 0.00000420. The lowest BCUT2D eigenvalue weighted by atomic mass is 10.1. The van der Waals surface area contributed by atoms with Gasteiger partial charge < -0.3 is 20.3 Å². The summed E-state index contributed by atoms with van der Waals surface area (Å²) < 4.78 is 32.7. The van der Waals surface area contributed by atoms with Gasteiger partial charge in [-0.05, 0) is 51.7 Å². The first-order valence-electron chi connectivity index (χ1n) is 10.3. The number of rotatable bonds is 9. The highest BCUT2D eigenvalue weighted by Gasteiger charge is 2.19. The average molecular weight is 524 g/mol. The third-order valence-corrected chi connectivity index (χ3v) is 4.81. The minimum atomic E-state index is -0.808. The van der Waals surface area contributed by atoms with Crippen LogP contribution in [0.1, 0.15) is 39.2 Å². The van der Waals surface area contributed by atoms with Gasteiger partial charge in [0, 0.05) is 38.8 Å². The van der Waals surface area contributed by atoms with E-state index in [1.54, 1.807) is 6.07 Å². The predicted octanol–water partition coefficient (Wildman–Crippen LogP) is 3.57. The molecule has 1 aromatic rings. The third-order valence-electron chi connectivity index (χ3n) is 4.81. The lowest BCUT2D eigenvalue weighted by molar-refractivity contribution is 0.0532. The molecule has 0 amide bonds. The fraction of sp³-hybridized carbons (Fsp3) is 0.667. The van der Waals surface area contributed by atoms with Crippen LogP contribution in [0.4, 0.5) is 8.78 Å². The van der Waals surface area contributed by atoms with Crippen molar-refractivity contribution < 1.29 is 13.5 Å². The molecule has 0 unspecified atom stereocenters. The summed E-state index contributed by atoms with van der Waals surface area (Å²) in [5.41, 5.74) is 0.358. The van der Waals surface area contributed by atoms with Crippen molar-refractivity contribution in [2.24, 2.45) is 4.99 Å². The van der Waals surface area contributed by atoms with Crippen LogP contribution in [0.25, 0.3) is 0 Å². The van der Waals surface area contributed by atoms with E-state index >= 15 is 0 Å². The van der Waals surface area contributed by atoms with Crippen molar-refractivity contribution >= 4 is 29.9 Å². The molecule has 5 nitrogen and oxygen atoms in total. The van der Waals surface area contributed by atoms with Crippen LogP contribution in [0.15, 0.2) is 23.2 Å². The van der Waals surface area contributed by atoms with Crippen LogP contribution in [-0.2, 0) is 11.2 Å². The Kier molecular flexibility index (Phi) is 12.6. The van der Waals surface area contributed by atoms with Gasteiger partial charge in [-0.2, -0.15) is 0 Å². The number of piperidine rings is 1. The van der Waals surface area contributed by atoms with Crippen LogP contribution in [0.3, 0.4) is 0 Å². The maximum atomic E-state index is 13.7. The lowest BCUT2D eigenvalue weighted by Gasteiger charge is -2.33. The highest BCUT2D eigenvalue weighted by Crippen LogP contribution is 2.12. The largest absolute Gasteiger partial charge is 0.377 e. The van der Waals surface area contributed by atoms with E-state index in [1.165, 1.54) is 6.07 Å². The predicted molar refractivity (Wildman–Crippen MR) is 125 cm³/mol. The highest BCUT2D eigenvalue weighted by atomic mass is 127. The summed E-state index contributed by atoms with van der Waals surface area (Å²) in [6.07, 6.45) is 2.74. The molecular formula is C21H35F2IN4O. The molecule has 1 aliphatic rings. The number of hydrogen-bond donors (Lipinski definition) is 2. The Morgan fingerprint density at radius 2 is 2.00 bits per heavy atom. The van der Waals surface area contributed by atoms with Gasteiger partial charge in [0.1, 0.15) is 0 Å². The fourth-order valence-electron chi connectivity index (χ4n) is 3.26. The van der Waals surface area contributed by atoms with E-state index in [4.69, 9.17) is 4.74 Å². The Labute approximate surface area is 190 Å². The molecule has 166 valence electrons. The number of benzene rings is 1. The van der Waals surface area contributed by atoms with Gasteiger partial charge in [0.15, 0.2) is 17.6 Å². The van der Waals surface area contributed by atoms with Crippen molar-refractivity contribution in [3.63, 3.8) is 0 Å². The van der Waals surface area contributed by atoms with E-state index in [0.717, 1.165) is 57.7 Å². The van der Waals surface area contributed by atoms with Gasteiger partial charge in [0.2, 0.25) is 0 Å². The monoisotopic (exact) mass is 524 g/mol. The molecule has 0 saturated carbocycles. The van der Waals surface area contributed by atoms with E-state index in [9.17, 15) is 8.78 Å². The molecule has 0 bridgehead atoms. The number of halogens is 3. The van der Waals surface area contributed by atoms with Crippen molar-refractivity contribution in [2.45, 2.75) is 52.2 Å². The number of hydrogen-bond acceptors (Lipinski definition) is 3. The number of likely N-dealkylation sites (tertiary alicyclic amines) is 1. The maximum Gasteiger partial charge on any atom is 0.191 e. The standard InChI is InChI=1S/C21H34F2N4O.HI/c1-4-24-21(25-11-8-17-6-5-7-19(22)20(17)23)26-18-9-12-27(13-10-18)14-15-28-16(2)3;/h5-7,16,18H,4,8-15H2,1-3H3,(H2,24,25,26);1H. The van der Waals surface area contributed by atoms with Crippen LogP contribution in [0.2, 0.25) is 0 Å². The first-order valence-corrected chi connectivity index (χ1v) is 10.3. The van der Waals surface area contributed by atoms with E-state index in [2.05, 4.69) is 34.4 Å². The van der Waals surface area contributed by atoms with E-state index in [-0.39, 0.29) is 30.1 Å². The Morgan fingerprint density at radius 1 is 1.28 bits per heavy atom. The quantitative estimate of drug-likeness (QED) is 0.295. The smallest absolute Gasteiger partial charge is 0.191 e. The molecule has 2 rings (SSSR count). The second-order valence-electron chi connectivity index (χ2n) is 7.40.